The number of carbonyl (C=O) groups is 1. The Labute approximate surface area is 177 Å². The van der Waals surface area contributed by atoms with Crippen molar-refractivity contribution in [1.82, 2.24) is 5.32 Å². The first-order valence-electron chi connectivity index (χ1n) is 8.38. The number of halogens is 2. The predicted molar refractivity (Wildman–Crippen MR) is 120 cm³/mol. The summed E-state index contributed by atoms with van der Waals surface area (Å²) in [4.78, 5) is 12.2. The highest BCUT2D eigenvalue weighted by Gasteiger charge is 2.16. The first kappa shape index (κ1) is 20.5. The van der Waals surface area contributed by atoms with E-state index in [9.17, 15) is 4.79 Å². The summed E-state index contributed by atoms with van der Waals surface area (Å²) in [6, 6.07) is 20.1. The van der Waals surface area contributed by atoms with E-state index in [1.165, 1.54) is 5.56 Å². The lowest BCUT2D eigenvalue weighted by molar-refractivity contribution is 0.135. The molecular formula is C20H23I2NO2. The molecule has 2 atom stereocenters. The van der Waals surface area contributed by atoms with Crippen LogP contribution in [0.15, 0.2) is 60.7 Å². The molecule has 2 aromatic carbocycles. The van der Waals surface area contributed by atoms with E-state index in [1.807, 2.05) is 48.5 Å². The maximum atomic E-state index is 12.2. The number of nitrogens with one attached hydrogen (secondary N) is 1. The third-order valence-electron chi connectivity index (χ3n) is 3.86. The number of hydrogen-bond acceptors (Lipinski definition) is 2. The van der Waals surface area contributed by atoms with Crippen LogP contribution in [0.2, 0.25) is 0 Å². The van der Waals surface area contributed by atoms with Gasteiger partial charge in [0, 0.05) is 14.4 Å². The Morgan fingerprint density at radius 3 is 2.16 bits per heavy atom. The van der Waals surface area contributed by atoms with Crippen molar-refractivity contribution in [3.63, 3.8) is 0 Å². The van der Waals surface area contributed by atoms with Gasteiger partial charge in [0.05, 0.1) is 0 Å². The summed E-state index contributed by atoms with van der Waals surface area (Å²) in [6.07, 6.45) is 2.52. The van der Waals surface area contributed by atoms with Crippen molar-refractivity contribution >= 4 is 51.3 Å². The fraction of sp³-hybridized carbons (Fsp3) is 0.350. The topological polar surface area (TPSA) is 38.3 Å². The SMILES string of the molecule is O=C(N[C@H](CC[C@@H](I)CI)Cc1ccccc1)OCc1ccccc1. The maximum Gasteiger partial charge on any atom is 0.407 e. The van der Waals surface area contributed by atoms with E-state index in [0.29, 0.717) is 10.5 Å². The van der Waals surface area contributed by atoms with Gasteiger partial charge in [-0.1, -0.05) is 106 Å². The zero-order valence-corrected chi connectivity index (χ0v) is 18.4. The van der Waals surface area contributed by atoms with E-state index in [2.05, 4.69) is 62.6 Å². The molecule has 25 heavy (non-hydrogen) atoms. The molecule has 0 bridgehead atoms. The van der Waals surface area contributed by atoms with Crippen molar-refractivity contribution in [3.05, 3.63) is 71.8 Å². The Hall–Kier alpha value is -0.830. The second-order valence-electron chi connectivity index (χ2n) is 5.92. The molecular weight excluding hydrogens is 540 g/mol. The van der Waals surface area contributed by atoms with Crippen LogP contribution in [0.3, 0.4) is 0 Å². The minimum atomic E-state index is -0.343. The summed E-state index contributed by atoms with van der Waals surface area (Å²) in [5.74, 6) is 0. The molecule has 0 aliphatic rings. The van der Waals surface area contributed by atoms with Gasteiger partial charge < -0.3 is 10.1 Å². The van der Waals surface area contributed by atoms with Gasteiger partial charge in [0.1, 0.15) is 6.61 Å². The monoisotopic (exact) mass is 563 g/mol. The van der Waals surface area contributed by atoms with Crippen LogP contribution in [-0.4, -0.2) is 20.5 Å². The molecule has 0 aromatic heterocycles. The molecule has 134 valence electrons. The quantitative estimate of drug-likeness (QED) is 0.322. The lowest BCUT2D eigenvalue weighted by Crippen LogP contribution is -2.37. The number of carbonyl (C=O) groups excluding carboxylic acids is 1. The molecule has 3 nitrogen and oxygen atoms in total. The van der Waals surface area contributed by atoms with Gasteiger partial charge in [0.15, 0.2) is 0 Å². The second-order valence-corrected chi connectivity index (χ2v) is 8.56. The Morgan fingerprint density at radius 2 is 1.56 bits per heavy atom. The van der Waals surface area contributed by atoms with Crippen molar-refractivity contribution < 1.29 is 9.53 Å². The molecule has 0 aliphatic heterocycles. The fourth-order valence-corrected chi connectivity index (χ4v) is 3.31. The highest BCUT2D eigenvalue weighted by atomic mass is 127. The van der Waals surface area contributed by atoms with Crippen molar-refractivity contribution in [2.45, 2.75) is 35.8 Å². The van der Waals surface area contributed by atoms with Crippen molar-refractivity contribution in [3.8, 4) is 0 Å². The lowest BCUT2D eigenvalue weighted by atomic mass is 10.0. The third kappa shape index (κ3) is 8.40. The molecule has 2 rings (SSSR count). The van der Waals surface area contributed by atoms with E-state index in [0.717, 1.165) is 29.3 Å². The Kier molecular flexibility index (Phi) is 9.60. The number of rotatable bonds is 9. The molecule has 0 heterocycles. The number of alkyl carbamates (subject to hydrolysis) is 1. The number of hydrogen-bond donors (Lipinski definition) is 1. The first-order valence-corrected chi connectivity index (χ1v) is 11.2. The normalized spacial score (nSPS) is 13.0. The molecule has 0 saturated heterocycles. The van der Waals surface area contributed by atoms with Crippen molar-refractivity contribution in [2.75, 3.05) is 4.43 Å². The molecule has 1 N–H and O–H groups in total. The number of amides is 1. The van der Waals surface area contributed by atoms with Crippen LogP contribution in [0.4, 0.5) is 4.79 Å². The van der Waals surface area contributed by atoms with Gasteiger partial charge in [0.2, 0.25) is 0 Å². The van der Waals surface area contributed by atoms with Gasteiger partial charge in [-0.3, -0.25) is 0 Å². The van der Waals surface area contributed by atoms with E-state index in [4.69, 9.17) is 4.74 Å². The number of ether oxygens (including phenoxy) is 1. The van der Waals surface area contributed by atoms with Crippen molar-refractivity contribution in [1.29, 1.82) is 0 Å². The minimum Gasteiger partial charge on any atom is -0.445 e. The van der Waals surface area contributed by atoms with Gasteiger partial charge in [-0.2, -0.15) is 0 Å². The number of alkyl halides is 2. The smallest absolute Gasteiger partial charge is 0.407 e. The Morgan fingerprint density at radius 1 is 0.960 bits per heavy atom. The molecule has 2 aromatic rings. The van der Waals surface area contributed by atoms with Gasteiger partial charge in [-0.15, -0.1) is 0 Å². The lowest BCUT2D eigenvalue weighted by Gasteiger charge is -2.20. The van der Waals surface area contributed by atoms with Gasteiger partial charge in [-0.05, 0) is 30.4 Å². The zero-order valence-electron chi connectivity index (χ0n) is 14.0. The number of benzene rings is 2. The summed E-state index contributed by atoms with van der Waals surface area (Å²) in [6.45, 7) is 0.299. The molecule has 0 aliphatic carbocycles. The summed E-state index contributed by atoms with van der Waals surface area (Å²) in [5.41, 5.74) is 2.23. The van der Waals surface area contributed by atoms with E-state index < -0.39 is 0 Å². The highest BCUT2D eigenvalue weighted by Crippen LogP contribution is 2.16. The van der Waals surface area contributed by atoms with Crippen molar-refractivity contribution in [2.24, 2.45) is 0 Å². The summed E-state index contributed by atoms with van der Waals surface area (Å²) in [7, 11) is 0. The maximum absolute atomic E-state index is 12.2. The summed E-state index contributed by atoms with van der Waals surface area (Å²) in [5, 5.41) is 3.05. The van der Waals surface area contributed by atoms with Crippen LogP contribution in [-0.2, 0) is 17.8 Å². The zero-order chi connectivity index (χ0) is 17.9. The third-order valence-corrected chi connectivity index (χ3v) is 7.67. The van der Waals surface area contributed by atoms with Crippen LogP contribution in [0.5, 0.6) is 0 Å². The fourth-order valence-electron chi connectivity index (χ4n) is 2.51. The largest absolute Gasteiger partial charge is 0.445 e. The Balaban J connectivity index is 1.88. The predicted octanol–water partition coefficient (Wildman–Crippen LogP) is 5.54. The highest BCUT2D eigenvalue weighted by molar-refractivity contribution is 14.1. The molecule has 1 amide bonds. The molecule has 0 radical (unpaired) electrons. The second kappa shape index (κ2) is 11.7. The molecule has 0 saturated carbocycles. The average molecular weight is 563 g/mol. The molecule has 0 spiro atoms. The summed E-state index contributed by atoms with van der Waals surface area (Å²) < 4.78 is 7.12. The average Bonchev–Trinajstić information content (AvgIpc) is 2.66. The first-order chi connectivity index (χ1) is 12.2. The Bertz CT molecular complexity index is 622. The molecule has 5 heteroatoms. The van der Waals surface area contributed by atoms with Crippen LogP contribution < -0.4 is 5.32 Å². The van der Waals surface area contributed by atoms with Crippen LogP contribution in [0, 0.1) is 0 Å². The van der Waals surface area contributed by atoms with Gasteiger partial charge in [0.25, 0.3) is 0 Å². The van der Waals surface area contributed by atoms with E-state index >= 15 is 0 Å². The minimum absolute atomic E-state index is 0.0888. The molecule has 0 fully saturated rings. The van der Waals surface area contributed by atoms with Crippen LogP contribution >= 0.6 is 45.2 Å². The van der Waals surface area contributed by atoms with Crippen LogP contribution in [0.1, 0.15) is 24.0 Å². The summed E-state index contributed by atoms with van der Waals surface area (Å²) >= 11 is 4.89. The van der Waals surface area contributed by atoms with Gasteiger partial charge >= 0.3 is 6.09 Å². The van der Waals surface area contributed by atoms with Gasteiger partial charge in [-0.25, -0.2) is 4.79 Å². The van der Waals surface area contributed by atoms with E-state index in [1.54, 1.807) is 0 Å². The molecule has 0 unspecified atom stereocenters. The van der Waals surface area contributed by atoms with E-state index in [-0.39, 0.29) is 12.1 Å². The standard InChI is InChI=1S/C20H23I2NO2/c21-14-18(22)11-12-19(13-16-7-3-1-4-8-16)23-20(24)25-15-17-9-5-2-6-10-17/h1-10,18-19H,11-15H2,(H,23,24)/t18-,19-/m1/s1. The van der Waals surface area contributed by atoms with Crippen LogP contribution in [0.25, 0.3) is 0 Å².